The molecule has 0 amide bonds. The molecular weight excluding hydrogens is 339 g/mol. The minimum absolute atomic E-state index is 0. The highest BCUT2D eigenvalue weighted by Crippen LogP contribution is 2.23. The van der Waals surface area contributed by atoms with Gasteiger partial charge in [0, 0.05) is 36.6 Å². The first-order valence-corrected chi connectivity index (χ1v) is 6.87. The molecule has 0 aliphatic carbocycles. The Morgan fingerprint density at radius 3 is 2.83 bits per heavy atom. The number of aliphatic hydroxyl groups is 1. The Morgan fingerprint density at radius 1 is 1.44 bits per heavy atom. The van der Waals surface area contributed by atoms with Crippen LogP contribution in [0, 0.1) is 5.92 Å². The molecule has 0 aromatic heterocycles. The van der Waals surface area contributed by atoms with Crippen molar-refractivity contribution in [2.24, 2.45) is 5.92 Å². The highest BCUT2D eigenvalue weighted by molar-refractivity contribution is 9.10. The molecule has 102 valence electrons. The van der Waals surface area contributed by atoms with Crippen molar-refractivity contribution in [1.29, 1.82) is 0 Å². The summed E-state index contributed by atoms with van der Waals surface area (Å²) in [5.41, 5.74) is 1.18. The van der Waals surface area contributed by atoms with Crippen molar-refractivity contribution in [3.05, 3.63) is 33.3 Å². The van der Waals surface area contributed by atoms with Gasteiger partial charge in [-0.2, -0.15) is 0 Å². The predicted octanol–water partition coefficient (Wildman–Crippen LogP) is 2.19. The van der Waals surface area contributed by atoms with Crippen LogP contribution in [0.2, 0.25) is 5.02 Å². The van der Waals surface area contributed by atoms with Gasteiger partial charge in [-0.05, 0) is 33.6 Å². The second kappa shape index (κ2) is 7.68. The lowest BCUT2D eigenvalue weighted by Crippen LogP contribution is -2.30. The Balaban J connectivity index is 0.00000162. The van der Waals surface area contributed by atoms with E-state index in [1.165, 1.54) is 5.56 Å². The summed E-state index contributed by atoms with van der Waals surface area (Å²) < 4.78 is 0.918. The lowest BCUT2D eigenvalue weighted by molar-refractivity contribution is 0.146. The number of benzene rings is 1. The van der Waals surface area contributed by atoms with Crippen LogP contribution in [0.5, 0.6) is 0 Å². The quantitative estimate of drug-likeness (QED) is 0.775. The summed E-state index contributed by atoms with van der Waals surface area (Å²) in [5, 5.41) is 16.9. The van der Waals surface area contributed by atoms with Crippen molar-refractivity contribution in [2.75, 3.05) is 19.6 Å². The van der Waals surface area contributed by atoms with Gasteiger partial charge in [-0.25, -0.2) is 0 Å². The van der Waals surface area contributed by atoms with Gasteiger partial charge in [-0.3, -0.25) is 0 Å². The zero-order valence-electron chi connectivity index (χ0n) is 9.83. The van der Waals surface area contributed by atoms with Crippen LogP contribution in [0.4, 0.5) is 0 Å². The Hall–Kier alpha value is 0.160. The summed E-state index contributed by atoms with van der Waals surface area (Å²) >= 11 is 9.33. The second-order valence-corrected chi connectivity index (χ2v) is 5.63. The molecule has 0 radical (unpaired) electrons. The van der Waals surface area contributed by atoms with E-state index in [9.17, 15) is 5.11 Å². The van der Waals surface area contributed by atoms with Crippen LogP contribution in [0.25, 0.3) is 0 Å². The van der Waals surface area contributed by atoms with E-state index in [1.54, 1.807) is 0 Å². The maximum atomic E-state index is 9.64. The molecular formula is C12H17BrCl2N2O. The van der Waals surface area contributed by atoms with E-state index in [2.05, 4.69) is 26.6 Å². The third kappa shape index (κ3) is 4.37. The summed E-state index contributed by atoms with van der Waals surface area (Å²) in [4.78, 5) is 0. The van der Waals surface area contributed by atoms with Gasteiger partial charge < -0.3 is 15.7 Å². The first kappa shape index (κ1) is 16.2. The number of aliphatic hydroxyl groups excluding tert-OH is 1. The molecule has 0 saturated carbocycles. The molecule has 1 fully saturated rings. The zero-order chi connectivity index (χ0) is 12.3. The summed E-state index contributed by atoms with van der Waals surface area (Å²) in [6.45, 7) is 3.21. The van der Waals surface area contributed by atoms with Gasteiger partial charge in [0.1, 0.15) is 0 Å². The third-order valence-corrected chi connectivity index (χ3v) is 4.24. The van der Waals surface area contributed by atoms with Crippen LogP contribution in [-0.4, -0.2) is 30.8 Å². The standard InChI is InChI=1S/C12H16BrClN2O.ClH/c13-10-3-8(1-2-11(10)14)4-15-5-9-6-16-7-12(9)17;/h1-3,9,12,15-17H,4-7H2;1H. The molecule has 0 spiro atoms. The van der Waals surface area contributed by atoms with Gasteiger partial charge in [0.15, 0.2) is 0 Å². The van der Waals surface area contributed by atoms with Crippen molar-refractivity contribution < 1.29 is 5.11 Å². The van der Waals surface area contributed by atoms with Crippen LogP contribution in [0.1, 0.15) is 5.56 Å². The summed E-state index contributed by atoms with van der Waals surface area (Å²) in [7, 11) is 0. The van der Waals surface area contributed by atoms with E-state index in [4.69, 9.17) is 11.6 Å². The van der Waals surface area contributed by atoms with Crippen LogP contribution in [0.3, 0.4) is 0 Å². The van der Waals surface area contributed by atoms with E-state index >= 15 is 0 Å². The molecule has 1 aliphatic rings. The van der Waals surface area contributed by atoms with Crippen molar-refractivity contribution in [3.8, 4) is 0 Å². The molecule has 3 N–H and O–H groups in total. The van der Waals surface area contributed by atoms with E-state index in [0.29, 0.717) is 12.5 Å². The van der Waals surface area contributed by atoms with E-state index in [0.717, 1.165) is 29.1 Å². The van der Waals surface area contributed by atoms with Gasteiger partial charge >= 0.3 is 0 Å². The first-order chi connectivity index (χ1) is 8.16. The topological polar surface area (TPSA) is 44.3 Å². The lowest BCUT2D eigenvalue weighted by Gasteiger charge is -2.14. The lowest BCUT2D eigenvalue weighted by atomic mass is 10.1. The van der Waals surface area contributed by atoms with Gasteiger partial charge in [0.25, 0.3) is 0 Å². The Labute approximate surface area is 127 Å². The SMILES string of the molecule is Cl.OC1CNCC1CNCc1ccc(Cl)c(Br)c1. The number of halogens is 3. The maximum Gasteiger partial charge on any atom is 0.0716 e. The highest BCUT2D eigenvalue weighted by atomic mass is 79.9. The number of hydrogen-bond acceptors (Lipinski definition) is 3. The molecule has 1 aromatic carbocycles. The number of hydrogen-bond donors (Lipinski definition) is 3. The smallest absolute Gasteiger partial charge is 0.0716 e. The fraction of sp³-hybridized carbons (Fsp3) is 0.500. The molecule has 3 nitrogen and oxygen atoms in total. The minimum atomic E-state index is -0.223. The first-order valence-electron chi connectivity index (χ1n) is 5.70. The van der Waals surface area contributed by atoms with Gasteiger partial charge in [0.05, 0.1) is 11.1 Å². The van der Waals surface area contributed by atoms with Crippen molar-refractivity contribution in [3.63, 3.8) is 0 Å². The van der Waals surface area contributed by atoms with E-state index in [1.807, 2.05) is 18.2 Å². The highest BCUT2D eigenvalue weighted by Gasteiger charge is 2.23. The van der Waals surface area contributed by atoms with Crippen LogP contribution in [0.15, 0.2) is 22.7 Å². The monoisotopic (exact) mass is 354 g/mol. The molecule has 2 rings (SSSR count). The van der Waals surface area contributed by atoms with Crippen molar-refractivity contribution in [2.45, 2.75) is 12.6 Å². The Kier molecular flexibility index (Phi) is 6.92. The Morgan fingerprint density at radius 2 is 2.22 bits per heavy atom. The van der Waals surface area contributed by atoms with Gasteiger partial charge in [0.2, 0.25) is 0 Å². The molecule has 0 bridgehead atoms. The van der Waals surface area contributed by atoms with E-state index < -0.39 is 0 Å². The number of nitrogens with one attached hydrogen (secondary N) is 2. The van der Waals surface area contributed by atoms with Crippen molar-refractivity contribution in [1.82, 2.24) is 10.6 Å². The molecule has 1 saturated heterocycles. The molecule has 2 atom stereocenters. The third-order valence-electron chi connectivity index (χ3n) is 3.02. The van der Waals surface area contributed by atoms with Gasteiger partial charge in [-0.1, -0.05) is 17.7 Å². The van der Waals surface area contributed by atoms with Crippen LogP contribution < -0.4 is 10.6 Å². The molecule has 1 aliphatic heterocycles. The molecule has 1 heterocycles. The normalized spacial score (nSPS) is 22.8. The van der Waals surface area contributed by atoms with Crippen molar-refractivity contribution >= 4 is 39.9 Å². The largest absolute Gasteiger partial charge is 0.391 e. The van der Waals surface area contributed by atoms with E-state index in [-0.39, 0.29) is 18.5 Å². The average Bonchev–Trinajstić information content (AvgIpc) is 2.70. The fourth-order valence-electron chi connectivity index (χ4n) is 1.98. The number of rotatable bonds is 4. The molecule has 6 heteroatoms. The number of β-amino-alcohol motifs (C(OH)–C–C–N with tert-alkyl or cyclic N) is 1. The summed E-state index contributed by atoms with van der Waals surface area (Å²) in [6, 6.07) is 5.90. The molecule has 18 heavy (non-hydrogen) atoms. The van der Waals surface area contributed by atoms with Crippen LogP contribution in [-0.2, 0) is 6.54 Å². The maximum absolute atomic E-state index is 9.64. The summed E-state index contributed by atoms with van der Waals surface area (Å²) in [6.07, 6.45) is -0.223. The predicted molar refractivity (Wildman–Crippen MR) is 80.5 cm³/mol. The van der Waals surface area contributed by atoms with Crippen LogP contribution >= 0.6 is 39.9 Å². The molecule has 2 unspecified atom stereocenters. The summed E-state index contributed by atoms with van der Waals surface area (Å²) in [5.74, 6) is 0.311. The van der Waals surface area contributed by atoms with Gasteiger partial charge in [-0.15, -0.1) is 12.4 Å². The zero-order valence-corrected chi connectivity index (χ0v) is 13.0. The average molecular weight is 356 g/mol. The Bertz CT molecular complexity index is 392. The minimum Gasteiger partial charge on any atom is -0.391 e. The second-order valence-electron chi connectivity index (χ2n) is 4.37. The fourth-order valence-corrected chi connectivity index (χ4v) is 2.52. The molecule has 1 aromatic rings.